The smallest absolute Gasteiger partial charge is 0.487 e. The van der Waals surface area contributed by atoms with E-state index in [2.05, 4.69) is 0 Å². The number of nitro groups is 1. The molecule has 2 aromatic carbocycles. The minimum atomic E-state index is -1.37. The molecule has 0 aromatic heterocycles. The first kappa shape index (κ1) is 24.2. The Kier molecular flexibility index (Phi) is 5.94. The molecule has 36 heavy (non-hydrogen) atoms. The van der Waals surface area contributed by atoms with Gasteiger partial charge >= 0.3 is 7.12 Å². The Labute approximate surface area is 207 Å². The standard InChI is InChI=1S/C25H25BN2O8/c1-12-6-14(7-13(2)23(12)30)20-10-18-21-19(8-15(11-29)22(18)26(33)36-20)24(31)27(25(21)32)16-4-3-5-17(9-16)28(34)35/h3-7,9,18-21,29-30,33H,8,10-11H2,1-2H3/t18-,19-,20-,21+/m0/s1. The van der Waals surface area contributed by atoms with Gasteiger partial charge in [-0.15, -0.1) is 0 Å². The molecule has 3 N–H and O–H groups in total. The fourth-order valence-corrected chi connectivity index (χ4v) is 5.95. The molecule has 2 saturated heterocycles. The number of non-ortho nitro benzene ring substituents is 1. The summed E-state index contributed by atoms with van der Waals surface area (Å²) in [5.74, 6) is -2.95. The lowest BCUT2D eigenvalue weighted by Gasteiger charge is -2.42. The summed E-state index contributed by atoms with van der Waals surface area (Å²) in [6.07, 6.45) is -0.242. The number of rotatable bonds is 4. The molecule has 2 fully saturated rings. The molecule has 0 spiro atoms. The zero-order chi connectivity index (χ0) is 25.9. The summed E-state index contributed by atoms with van der Waals surface area (Å²) >= 11 is 0. The number of carbonyl (C=O) groups excluding carboxylic acids is 2. The summed E-state index contributed by atoms with van der Waals surface area (Å²) < 4.78 is 5.91. The molecular formula is C25H25BN2O8. The fraction of sp³-hybridized carbons (Fsp3) is 0.360. The van der Waals surface area contributed by atoms with Crippen LogP contribution in [-0.4, -0.2) is 45.7 Å². The van der Waals surface area contributed by atoms with Crippen molar-refractivity contribution in [2.24, 2.45) is 17.8 Å². The van der Waals surface area contributed by atoms with E-state index in [9.17, 15) is 34.9 Å². The van der Waals surface area contributed by atoms with Crippen LogP contribution in [0.5, 0.6) is 5.75 Å². The third-order valence-electron chi connectivity index (χ3n) is 7.59. The van der Waals surface area contributed by atoms with Crippen molar-refractivity contribution in [1.29, 1.82) is 0 Å². The molecule has 2 aromatic rings. The van der Waals surface area contributed by atoms with Gasteiger partial charge in [-0.05, 0) is 78.5 Å². The number of fused-ring (bicyclic) bond motifs is 3. The van der Waals surface area contributed by atoms with Crippen LogP contribution in [0.1, 0.15) is 35.6 Å². The normalized spacial score (nSPS) is 25.8. The van der Waals surface area contributed by atoms with Crippen molar-refractivity contribution in [2.75, 3.05) is 11.5 Å². The summed E-state index contributed by atoms with van der Waals surface area (Å²) in [4.78, 5) is 38.8. The van der Waals surface area contributed by atoms with Crippen molar-refractivity contribution in [3.8, 4) is 5.75 Å². The van der Waals surface area contributed by atoms with E-state index in [-0.39, 0.29) is 30.0 Å². The van der Waals surface area contributed by atoms with Gasteiger partial charge in [-0.25, -0.2) is 4.90 Å². The molecule has 0 saturated carbocycles. The molecule has 186 valence electrons. The number of hydrogen-bond donors (Lipinski definition) is 3. The minimum Gasteiger partial charge on any atom is -0.507 e. The Hall–Kier alpha value is -3.54. The van der Waals surface area contributed by atoms with E-state index in [1.807, 2.05) is 0 Å². The van der Waals surface area contributed by atoms with E-state index in [0.717, 1.165) is 10.5 Å². The SMILES string of the molecule is Cc1cc([C@@H]2C[C@@H]3C(=C(CO)C[C@@H]4C(=O)N(c5cccc([N+](=O)[O-])c5)C(=O)[C@@H]43)B(O)O2)cc(C)c1O. The van der Waals surface area contributed by atoms with Gasteiger partial charge < -0.3 is 19.9 Å². The molecule has 2 heterocycles. The van der Waals surface area contributed by atoms with Crippen LogP contribution in [0, 0.1) is 41.7 Å². The fourth-order valence-electron chi connectivity index (χ4n) is 5.95. The van der Waals surface area contributed by atoms with Gasteiger partial charge in [0.25, 0.3) is 5.69 Å². The molecule has 0 unspecified atom stereocenters. The van der Waals surface area contributed by atoms with E-state index in [0.29, 0.717) is 22.2 Å². The molecule has 11 heteroatoms. The number of nitrogens with zero attached hydrogens (tertiary/aromatic N) is 2. The van der Waals surface area contributed by atoms with E-state index >= 15 is 0 Å². The van der Waals surface area contributed by atoms with Crippen molar-refractivity contribution in [3.05, 3.63) is 74.2 Å². The van der Waals surface area contributed by atoms with Gasteiger partial charge in [0, 0.05) is 12.1 Å². The lowest BCUT2D eigenvalue weighted by atomic mass is 9.55. The summed E-state index contributed by atoms with van der Waals surface area (Å²) in [6.45, 7) is 3.12. The third kappa shape index (κ3) is 3.71. The van der Waals surface area contributed by atoms with Crippen molar-refractivity contribution >= 4 is 30.3 Å². The number of carbonyl (C=O) groups is 2. The number of aryl methyl sites for hydroxylation is 2. The summed E-state index contributed by atoms with van der Waals surface area (Å²) in [7, 11) is -1.37. The van der Waals surface area contributed by atoms with Crippen LogP contribution >= 0.6 is 0 Å². The molecule has 10 nitrogen and oxygen atoms in total. The molecule has 3 aliphatic rings. The van der Waals surface area contributed by atoms with Crippen LogP contribution in [0.2, 0.25) is 0 Å². The Bertz CT molecular complexity index is 1300. The number of aliphatic hydroxyl groups excluding tert-OH is 1. The van der Waals surface area contributed by atoms with Crippen molar-refractivity contribution in [3.63, 3.8) is 0 Å². The maximum absolute atomic E-state index is 13.7. The first-order valence-electron chi connectivity index (χ1n) is 11.7. The maximum atomic E-state index is 13.7. The predicted octanol–water partition coefficient (Wildman–Crippen LogP) is 2.51. The number of anilines is 1. The van der Waals surface area contributed by atoms with E-state index in [1.165, 1.54) is 24.3 Å². The second-order valence-electron chi connectivity index (χ2n) is 9.66. The highest BCUT2D eigenvalue weighted by Crippen LogP contribution is 2.52. The minimum absolute atomic E-state index is 0.0888. The average molecular weight is 492 g/mol. The maximum Gasteiger partial charge on any atom is 0.487 e. The Morgan fingerprint density at radius 1 is 1.14 bits per heavy atom. The first-order valence-corrected chi connectivity index (χ1v) is 11.7. The number of benzene rings is 2. The molecular weight excluding hydrogens is 467 g/mol. The molecule has 1 aliphatic carbocycles. The molecule has 0 bridgehead atoms. The number of imide groups is 1. The highest BCUT2D eigenvalue weighted by atomic mass is 16.6. The van der Waals surface area contributed by atoms with Gasteiger partial charge in [-0.2, -0.15) is 0 Å². The summed E-state index contributed by atoms with van der Waals surface area (Å²) in [5, 5.41) is 42.4. The molecule has 4 atom stereocenters. The highest BCUT2D eigenvalue weighted by Gasteiger charge is 2.58. The monoisotopic (exact) mass is 492 g/mol. The molecule has 2 aliphatic heterocycles. The average Bonchev–Trinajstić information content (AvgIpc) is 3.11. The van der Waals surface area contributed by atoms with Crippen molar-refractivity contribution < 1.29 is 34.4 Å². The summed E-state index contributed by atoms with van der Waals surface area (Å²) in [6, 6.07) is 8.90. The lowest BCUT2D eigenvalue weighted by Crippen LogP contribution is -2.45. The van der Waals surface area contributed by atoms with Crippen LogP contribution in [0.3, 0.4) is 0 Å². The molecule has 5 rings (SSSR count). The Balaban J connectivity index is 1.54. The number of allylic oxidation sites excluding steroid dienone is 1. The van der Waals surface area contributed by atoms with Crippen LogP contribution < -0.4 is 4.90 Å². The van der Waals surface area contributed by atoms with E-state index < -0.39 is 54.3 Å². The Morgan fingerprint density at radius 2 is 1.83 bits per heavy atom. The first-order chi connectivity index (χ1) is 17.1. The zero-order valence-electron chi connectivity index (χ0n) is 19.7. The largest absolute Gasteiger partial charge is 0.507 e. The number of amides is 2. The van der Waals surface area contributed by atoms with Gasteiger partial charge in [-0.1, -0.05) is 6.07 Å². The summed E-state index contributed by atoms with van der Waals surface area (Å²) in [5.41, 5.74) is 2.78. The third-order valence-corrected chi connectivity index (χ3v) is 7.59. The highest BCUT2D eigenvalue weighted by molar-refractivity contribution is 6.53. The van der Waals surface area contributed by atoms with Crippen molar-refractivity contribution in [2.45, 2.75) is 32.8 Å². The second-order valence-corrected chi connectivity index (χ2v) is 9.66. The number of phenols is 1. The van der Waals surface area contributed by atoms with Crippen LogP contribution in [0.15, 0.2) is 47.4 Å². The van der Waals surface area contributed by atoms with Crippen molar-refractivity contribution in [1.82, 2.24) is 0 Å². The number of phenolic OH excluding ortho intramolecular Hbond substituents is 1. The zero-order valence-corrected chi connectivity index (χ0v) is 19.7. The van der Waals surface area contributed by atoms with Crippen LogP contribution in [0.25, 0.3) is 0 Å². The number of nitro benzene ring substituents is 1. The topological polar surface area (TPSA) is 150 Å². The van der Waals surface area contributed by atoms with Gasteiger partial charge in [-0.3, -0.25) is 19.7 Å². The number of aromatic hydroxyl groups is 1. The van der Waals surface area contributed by atoms with Crippen LogP contribution in [-0.2, 0) is 14.2 Å². The number of aliphatic hydroxyl groups is 1. The van der Waals surface area contributed by atoms with Gasteiger partial charge in [0.2, 0.25) is 11.8 Å². The van der Waals surface area contributed by atoms with Gasteiger partial charge in [0.1, 0.15) is 5.75 Å². The van der Waals surface area contributed by atoms with E-state index in [4.69, 9.17) is 4.65 Å². The van der Waals surface area contributed by atoms with Gasteiger partial charge in [0.15, 0.2) is 0 Å². The second kappa shape index (κ2) is 8.84. The number of hydrogen-bond acceptors (Lipinski definition) is 8. The van der Waals surface area contributed by atoms with E-state index in [1.54, 1.807) is 26.0 Å². The lowest BCUT2D eigenvalue weighted by molar-refractivity contribution is -0.384. The van der Waals surface area contributed by atoms with Crippen LogP contribution in [0.4, 0.5) is 11.4 Å². The van der Waals surface area contributed by atoms with Gasteiger partial charge in [0.05, 0.1) is 35.2 Å². The predicted molar refractivity (Wildman–Crippen MR) is 129 cm³/mol. The molecule has 0 radical (unpaired) electrons. The Morgan fingerprint density at radius 3 is 2.47 bits per heavy atom. The molecule has 2 amide bonds. The quantitative estimate of drug-likeness (QED) is 0.255.